The fourth-order valence-electron chi connectivity index (χ4n) is 2.31. The third kappa shape index (κ3) is 2.43. The van der Waals surface area contributed by atoms with Crippen LogP contribution in [0.25, 0.3) is 0 Å². The Morgan fingerprint density at radius 1 is 1.15 bits per heavy atom. The second-order valence-electron chi connectivity index (χ2n) is 4.78. The molecule has 0 N–H and O–H groups in total. The molecule has 2 nitrogen and oxygen atoms in total. The Balaban J connectivity index is 2.01. The van der Waals surface area contributed by atoms with E-state index in [0.717, 1.165) is 11.3 Å². The van der Waals surface area contributed by atoms with Crippen LogP contribution < -0.4 is 4.90 Å². The molecule has 0 aliphatic carbocycles. The Morgan fingerprint density at radius 2 is 1.85 bits per heavy atom. The highest BCUT2D eigenvalue weighted by Crippen LogP contribution is 2.43. The summed E-state index contributed by atoms with van der Waals surface area (Å²) in [5.41, 5.74) is 3.10. The van der Waals surface area contributed by atoms with Crippen LogP contribution in [0.15, 0.2) is 48.5 Å². The molecule has 1 aliphatic heterocycles. The van der Waals surface area contributed by atoms with Crippen LogP contribution in [0, 0.1) is 6.92 Å². The lowest BCUT2D eigenvalue weighted by molar-refractivity contribution is -0.115. The number of thioether (sulfide) groups is 1. The molecule has 1 aliphatic rings. The SMILES string of the molecule is Cc1ccc(N2C(=O)CSC2c2ccccc2Cl)cc1. The van der Waals surface area contributed by atoms with Gasteiger partial charge in [-0.3, -0.25) is 9.69 Å². The van der Waals surface area contributed by atoms with E-state index in [1.807, 2.05) is 60.4 Å². The van der Waals surface area contributed by atoms with Gasteiger partial charge in [0.25, 0.3) is 0 Å². The zero-order valence-electron chi connectivity index (χ0n) is 11.0. The summed E-state index contributed by atoms with van der Waals surface area (Å²) in [7, 11) is 0. The van der Waals surface area contributed by atoms with Gasteiger partial charge in [0.05, 0.1) is 5.75 Å². The van der Waals surface area contributed by atoms with Gasteiger partial charge < -0.3 is 0 Å². The monoisotopic (exact) mass is 303 g/mol. The van der Waals surface area contributed by atoms with Crippen LogP contribution in [-0.4, -0.2) is 11.7 Å². The van der Waals surface area contributed by atoms with Crippen LogP contribution in [0.2, 0.25) is 5.02 Å². The molecular formula is C16H14ClNOS. The molecule has 0 radical (unpaired) electrons. The van der Waals surface area contributed by atoms with Gasteiger partial charge in [-0.1, -0.05) is 47.5 Å². The molecule has 2 aromatic rings. The Kier molecular flexibility index (Phi) is 3.72. The Hall–Kier alpha value is -1.45. The zero-order valence-corrected chi connectivity index (χ0v) is 12.6. The second-order valence-corrected chi connectivity index (χ2v) is 6.26. The topological polar surface area (TPSA) is 20.3 Å². The molecule has 1 saturated heterocycles. The summed E-state index contributed by atoms with van der Waals surface area (Å²) < 4.78 is 0. The summed E-state index contributed by atoms with van der Waals surface area (Å²) in [4.78, 5) is 14.1. The van der Waals surface area contributed by atoms with E-state index in [9.17, 15) is 4.79 Å². The van der Waals surface area contributed by atoms with Crippen molar-refractivity contribution in [3.05, 3.63) is 64.7 Å². The molecule has 3 rings (SSSR count). The van der Waals surface area contributed by atoms with Gasteiger partial charge in [0.2, 0.25) is 5.91 Å². The highest BCUT2D eigenvalue weighted by molar-refractivity contribution is 8.00. The number of nitrogens with zero attached hydrogens (tertiary/aromatic N) is 1. The van der Waals surface area contributed by atoms with E-state index in [-0.39, 0.29) is 11.3 Å². The van der Waals surface area contributed by atoms with Crippen LogP contribution in [0.1, 0.15) is 16.5 Å². The zero-order chi connectivity index (χ0) is 14.1. The number of amides is 1. The van der Waals surface area contributed by atoms with Gasteiger partial charge in [0.1, 0.15) is 5.37 Å². The molecule has 1 heterocycles. The number of benzene rings is 2. The minimum atomic E-state index is -0.0427. The first-order valence-electron chi connectivity index (χ1n) is 6.41. The first-order chi connectivity index (χ1) is 9.66. The number of aryl methyl sites for hydroxylation is 1. The van der Waals surface area contributed by atoms with Gasteiger partial charge >= 0.3 is 0 Å². The largest absolute Gasteiger partial charge is 0.295 e. The van der Waals surface area contributed by atoms with Gasteiger partial charge in [-0.05, 0) is 25.1 Å². The van der Waals surface area contributed by atoms with Crippen LogP contribution in [0.4, 0.5) is 5.69 Å². The molecule has 1 atom stereocenters. The molecule has 1 fully saturated rings. The normalized spacial score (nSPS) is 18.6. The second kappa shape index (κ2) is 5.51. The molecule has 2 aromatic carbocycles. The first-order valence-corrected chi connectivity index (χ1v) is 7.84. The van der Waals surface area contributed by atoms with Gasteiger partial charge in [-0.2, -0.15) is 0 Å². The molecule has 0 saturated carbocycles. The number of hydrogen-bond donors (Lipinski definition) is 0. The van der Waals surface area contributed by atoms with Crippen LogP contribution in [0.3, 0.4) is 0 Å². The number of anilines is 1. The molecule has 102 valence electrons. The highest BCUT2D eigenvalue weighted by Gasteiger charge is 2.34. The van der Waals surface area contributed by atoms with Gasteiger partial charge in [-0.15, -0.1) is 11.8 Å². The van der Waals surface area contributed by atoms with Crippen LogP contribution in [-0.2, 0) is 4.79 Å². The molecule has 0 bridgehead atoms. The van der Waals surface area contributed by atoms with Crippen molar-refractivity contribution < 1.29 is 4.79 Å². The number of carbonyl (C=O) groups is 1. The van der Waals surface area contributed by atoms with E-state index in [2.05, 4.69) is 0 Å². The number of rotatable bonds is 2. The maximum atomic E-state index is 12.2. The quantitative estimate of drug-likeness (QED) is 0.818. The van der Waals surface area contributed by atoms with E-state index < -0.39 is 0 Å². The molecular weight excluding hydrogens is 290 g/mol. The summed E-state index contributed by atoms with van der Waals surface area (Å²) in [5.74, 6) is 0.618. The lowest BCUT2D eigenvalue weighted by atomic mass is 10.1. The van der Waals surface area contributed by atoms with Gasteiger partial charge in [0, 0.05) is 16.3 Å². The Bertz CT molecular complexity index is 641. The van der Waals surface area contributed by atoms with Crippen molar-refractivity contribution in [3.63, 3.8) is 0 Å². The minimum absolute atomic E-state index is 0.0427. The van der Waals surface area contributed by atoms with Crippen molar-refractivity contribution in [1.29, 1.82) is 0 Å². The van der Waals surface area contributed by atoms with Crippen molar-refractivity contribution in [2.45, 2.75) is 12.3 Å². The average molecular weight is 304 g/mol. The fourth-order valence-corrected chi connectivity index (χ4v) is 3.83. The van der Waals surface area contributed by atoms with E-state index in [1.54, 1.807) is 11.8 Å². The van der Waals surface area contributed by atoms with Gasteiger partial charge in [0.15, 0.2) is 0 Å². The molecule has 4 heteroatoms. The Labute approximate surface area is 127 Å². The van der Waals surface area contributed by atoms with Crippen molar-refractivity contribution in [3.8, 4) is 0 Å². The average Bonchev–Trinajstić information content (AvgIpc) is 2.82. The number of hydrogen-bond acceptors (Lipinski definition) is 2. The molecule has 0 spiro atoms. The Morgan fingerprint density at radius 3 is 2.55 bits per heavy atom. The third-order valence-corrected chi connectivity index (χ3v) is 4.89. The lowest BCUT2D eigenvalue weighted by Crippen LogP contribution is -2.27. The van der Waals surface area contributed by atoms with Crippen molar-refractivity contribution in [1.82, 2.24) is 0 Å². The summed E-state index contributed by atoms with van der Waals surface area (Å²) >= 11 is 7.90. The predicted octanol–water partition coefficient (Wildman–Crippen LogP) is 4.43. The molecule has 0 aromatic heterocycles. The molecule has 1 amide bonds. The van der Waals surface area contributed by atoms with E-state index in [0.29, 0.717) is 10.8 Å². The van der Waals surface area contributed by atoms with E-state index >= 15 is 0 Å². The van der Waals surface area contributed by atoms with Gasteiger partial charge in [-0.25, -0.2) is 0 Å². The van der Waals surface area contributed by atoms with Crippen molar-refractivity contribution in [2.24, 2.45) is 0 Å². The smallest absolute Gasteiger partial charge is 0.238 e. The first kappa shape index (κ1) is 13.5. The summed E-state index contributed by atoms with van der Waals surface area (Å²) in [5, 5.41) is 0.663. The van der Waals surface area contributed by atoms with E-state index in [1.165, 1.54) is 5.56 Å². The number of halogens is 1. The molecule has 1 unspecified atom stereocenters. The maximum absolute atomic E-state index is 12.2. The van der Waals surface area contributed by atoms with Crippen LogP contribution >= 0.6 is 23.4 Å². The molecule has 20 heavy (non-hydrogen) atoms. The fraction of sp³-hybridized carbons (Fsp3) is 0.188. The third-order valence-electron chi connectivity index (χ3n) is 3.35. The predicted molar refractivity (Wildman–Crippen MR) is 85.3 cm³/mol. The van der Waals surface area contributed by atoms with Crippen molar-refractivity contribution >= 4 is 35.0 Å². The lowest BCUT2D eigenvalue weighted by Gasteiger charge is -2.25. The summed E-state index contributed by atoms with van der Waals surface area (Å²) in [6.07, 6.45) is 0. The standard InChI is InChI=1S/C16H14ClNOS/c1-11-6-8-12(9-7-11)18-15(19)10-20-16(18)13-4-2-3-5-14(13)17/h2-9,16H,10H2,1H3. The maximum Gasteiger partial charge on any atom is 0.238 e. The van der Waals surface area contributed by atoms with E-state index in [4.69, 9.17) is 11.6 Å². The highest BCUT2D eigenvalue weighted by atomic mass is 35.5. The number of carbonyl (C=O) groups excluding carboxylic acids is 1. The summed E-state index contributed by atoms with van der Waals surface area (Å²) in [6, 6.07) is 15.7. The summed E-state index contributed by atoms with van der Waals surface area (Å²) in [6.45, 7) is 2.04. The van der Waals surface area contributed by atoms with Crippen molar-refractivity contribution in [2.75, 3.05) is 10.7 Å². The van der Waals surface area contributed by atoms with Crippen LogP contribution in [0.5, 0.6) is 0 Å². The minimum Gasteiger partial charge on any atom is -0.295 e.